The van der Waals surface area contributed by atoms with Crippen LogP contribution in [0.3, 0.4) is 0 Å². The fraction of sp³-hybridized carbons (Fsp3) is 0.500. The summed E-state index contributed by atoms with van der Waals surface area (Å²) in [6, 6.07) is 8.53. The molecule has 1 rings (SSSR count). The van der Waals surface area contributed by atoms with Crippen LogP contribution in [0, 0.1) is 0 Å². The second-order valence-corrected chi connectivity index (χ2v) is 12.8. The van der Waals surface area contributed by atoms with Gasteiger partial charge in [-0.05, 0) is 0 Å². The minimum atomic E-state index is -1.65. The van der Waals surface area contributed by atoms with Crippen molar-refractivity contribution in [1.29, 1.82) is 0 Å². The van der Waals surface area contributed by atoms with E-state index in [4.69, 9.17) is 4.43 Å². The average molecular weight is 418 g/mol. The fourth-order valence-corrected chi connectivity index (χ4v) is 3.12. The molecule has 1 aromatic carbocycles. The summed E-state index contributed by atoms with van der Waals surface area (Å²) >= 11 is 0.887. The van der Waals surface area contributed by atoms with Gasteiger partial charge in [-0.15, -0.1) is 0 Å². The molecule has 0 unspecified atom stereocenters. The van der Waals surface area contributed by atoms with E-state index in [2.05, 4.69) is 58.1 Å². The molecule has 0 saturated heterocycles. The zero-order chi connectivity index (χ0) is 11.7. The molecule has 1 nitrogen and oxygen atoms in total. The summed E-state index contributed by atoms with van der Waals surface area (Å²) in [5, 5.41) is 0.274. The Labute approximate surface area is 109 Å². The van der Waals surface area contributed by atoms with Gasteiger partial charge in [0.25, 0.3) is 0 Å². The first-order valence-corrected chi connectivity index (χ1v) is 10.4. The van der Waals surface area contributed by atoms with Gasteiger partial charge < -0.3 is 0 Å². The van der Waals surface area contributed by atoms with Crippen LogP contribution in [0.5, 0.6) is 5.75 Å². The summed E-state index contributed by atoms with van der Waals surface area (Å²) < 4.78 is 7.64. The second-order valence-electron chi connectivity index (χ2n) is 5.43. The molecule has 15 heavy (non-hydrogen) atoms. The maximum atomic E-state index is 6.21. The quantitative estimate of drug-likeness (QED) is 0.670. The van der Waals surface area contributed by atoms with Gasteiger partial charge in [-0.2, -0.15) is 0 Å². The summed E-state index contributed by atoms with van der Waals surface area (Å²) in [6.07, 6.45) is 0. The molecule has 84 valence electrons. The van der Waals surface area contributed by atoms with Gasteiger partial charge in [-0.3, -0.25) is 0 Å². The molecule has 0 spiro atoms. The summed E-state index contributed by atoms with van der Waals surface area (Å²) in [7, 11) is -1.65. The van der Waals surface area contributed by atoms with E-state index in [1.54, 1.807) is 0 Å². The van der Waals surface area contributed by atoms with Crippen molar-refractivity contribution in [1.82, 2.24) is 0 Å². The number of benzene rings is 1. The standard InChI is InChI=1S/C12H19OSi.Bi.2H/c1-12(2,3)14(4,5)13-11-9-7-6-8-10-11;;;/h6-7,9-10H,1-5H3;;;. The number of hydrogen-bond donors (Lipinski definition) is 0. The van der Waals surface area contributed by atoms with E-state index >= 15 is 0 Å². The van der Waals surface area contributed by atoms with Gasteiger partial charge in [0.05, 0.1) is 0 Å². The number of rotatable bonds is 2. The Bertz CT molecular complexity index is 342. The topological polar surface area (TPSA) is 9.23 Å². The third-order valence-corrected chi connectivity index (χ3v) is 8.79. The third-order valence-electron chi connectivity index (χ3n) is 3.04. The third kappa shape index (κ3) is 3.57. The molecule has 0 atom stereocenters. The van der Waals surface area contributed by atoms with Crippen molar-refractivity contribution in [2.75, 3.05) is 0 Å². The molecule has 0 bridgehead atoms. The van der Waals surface area contributed by atoms with Gasteiger partial charge in [-0.1, -0.05) is 0 Å². The van der Waals surface area contributed by atoms with Gasteiger partial charge in [0.15, 0.2) is 0 Å². The molecule has 0 radical (unpaired) electrons. The first-order valence-electron chi connectivity index (χ1n) is 5.27. The normalized spacial score (nSPS) is 12.7. The zero-order valence-corrected chi connectivity index (χ0v) is 15.8. The Morgan fingerprint density at radius 1 is 1.20 bits per heavy atom. The molecular weight excluding hydrogens is 397 g/mol. The Kier molecular flexibility index (Phi) is 4.00. The molecule has 0 heterocycles. The molecule has 0 aliphatic carbocycles. The maximum absolute atomic E-state index is 6.21. The second kappa shape index (κ2) is 4.55. The Morgan fingerprint density at radius 3 is 2.27 bits per heavy atom. The van der Waals surface area contributed by atoms with E-state index in [-0.39, 0.29) is 5.04 Å². The van der Waals surface area contributed by atoms with Crippen LogP contribution in [0.15, 0.2) is 24.3 Å². The summed E-state index contributed by atoms with van der Waals surface area (Å²) in [6.45, 7) is 11.4. The van der Waals surface area contributed by atoms with Crippen LogP contribution in [0.4, 0.5) is 0 Å². The Balaban J connectivity index is 2.87. The predicted molar refractivity (Wildman–Crippen MR) is 72.4 cm³/mol. The van der Waals surface area contributed by atoms with E-state index in [1.807, 2.05) is 0 Å². The molecule has 0 fully saturated rings. The van der Waals surface area contributed by atoms with Crippen LogP contribution in [-0.2, 0) is 0 Å². The molecule has 0 aliphatic rings. The minimum absolute atomic E-state index is 0.274. The molecule has 0 aliphatic heterocycles. The van der Waals surface area contributed by atoms with Gasteiger partial charge in [0, 0.05) is 0 Å². The molecule has 0 N–H and O–H groups in total. The van der Waals surface area contributed by atoms with E-state index in [0.717, 1.165) is 30.5 Å². The molecule has 3 heteroatoms. The number of hydrogen-bond acceptors (Lipinski definition) is 1. The van der Waals surface area contributed by atoms with Crippen molar-refractivity contribution >= 4 is 36.3 Å². The zero-order valence-electron chi connectivity index (χ0n) is 10.3. The van der Waals surface area contributed by atoms with Crippen LogP contribution < -0.4 is 7.70 Å². The Morgan fingerprint density at radius 2 is 1.80 bits per heavy atom. The van der Waals surface area contributed by atoms with Crippen LogP contribution in [0.25, 0.3) is 0 Å². The van der Waals surface area contributed by atoms with Gasteiger partial charge in [-0.25, -0.2) is 0 Å². The monoisotopic (exact) mass is 418 g/mol. The first-order chi connectivity index (χ1) is 6.72. The van der Waals surface area contributed by atoms with E-state index in [0.29, 0.717) is 0 Å². The van der Waals surface area contributed by atoms with E-state index < -0.39 is 8.32 Å². The van der Waals surface area contributed by atoms with Crippen molar-refractivity contribution in [3.05, 3.63) is 24.3 Å². The molecule has 1 aromatic rings. The van der Waals surface area contributed by atoms with Crippen LogP contribution >= 0.6 is 0 Å². The van der Waals surface area contributed by atoms with E-state index in [1.165, 1.54) is 3.27 Å². The van der Waals surface area contributed by atoms with Crippen molar-refractivity contribution in [2.45, 2.75) is 38.9 Å². The fourth-order valence-electron chi connectivity index (χ4n) is 1.03. The van der Waals surface area contributed by atoms with Crippen molar-refractivity contribution in [3.8, 4) is 5.75 Å². The van der Waals surface area contributed by atoms with Crippen LogP contribution in [0.1, 0.15) is 20.8 Å². The van der Waals surface area contributed by atoms with Gasteiger partial charge in [0.1, 0.15) is 0 Å². The van der Waals surface area contributed by atoms with Crippen molar-refractivity contribution in [2.24, 2.45) is 0 Å². The predicted octanol–water partition coefficient (Wildman–Crippen LogP) is 2.33. The van der Waals surface area contributed by atoms with Crippen molar-refractivity contribution in [3.63, 3.8) is 0 Å². The molecule has 0 saturated carbocycles. The Hall–Kier alpha value is 0.120. The average Bonchev–Trinajstić information content (AvgIpc) is 2.00. The summed E-state index contributed by atoms with van der Waals surface area (Å²) in [5.41, 5.74) is 0. The van der Waals surface area contributed by atoms with Gasteiger partial charge >= 0.3 is 110 Å². The van der Waals surface area contributed by atoms with Crippen LogP contribution in [-0.4, -0.2) is 33.0 Å². The molecular formula is C12H21BiOSi. The molecule has 0 aromatic heterocycles. The summed E-state index contributed by atoms with van der Waals surface area (Å²) in [4.78, 5) is 0. The van der Waals surface area contributed by atoms with E-state index in [9.17, 15) is 0 Å². The molecule has 0 amide bonds. The SMILES string of the molecule is CC(C)(C)[Si](C)(C)Oc1ccc[c]([BiH2])c1. The summed E-state index contributed by atoms with van der Waals surface area (Å²) in [5.74, 6) is 1.06. The van der Waals surface area contributed by atoms with Crippen molar-refractivity contribution < 1.29 is 4.43 Å². The first kappa shape index (κ1) is 13.2. The van der Waals surface area contributed by atoms with Gasteiger partial charge in [0.2, 0.25) is 0 Å². The van der Waals surface area contributed by atoms with Crippen LogP contribution in [0.2, 0.25) is 18.1 Å².